The third kappa shape index (κ3) is 4.70. The number of rotatable bonds is 5. The van der Waals surface area contributed by atoms with Crippen LogP contribution in [-0.4, -0.2) is 25.0 Å². The van der Waals surface area contributed by atoms with E-state index < -0.39 is 16.8 Å². The third-order valence-corrected chi connectivity index (χ3v) is 5.60. The van der Waals surface area contributed by atoms with Gasteiger partial charge in [0.2, 0.25) is 11.8 Å². The van der Waals surface area contributed by atoms with Crippen molar-refractivity contribution in [1.29, 1.82) is 0 Å². The molecule has 0 saturated carbocycles. The Labute approximate surface area is 188 Å². The second-order valence-corrected chi connectivity index (χ2v) is 8.10. The van der Waals surface area contributed by atoms with E-state index in [1.165, 1.54) is 28.5 Å². The number of benzene rings is 2. The number of halogens is 5. The summed E-state index contributed by atoms with van der Waals surface area (Å²) in [6.45, 7) is 1.66. The molecule has 0 radical (unpaired) electrons. The largest absolute Gasteiger partial charge is 0.425 e. The number of hydrogen-bond acceptors (Lipinski definition) is 6. The highest BCUT2D eigenvalue weighted by atomic mass is 35.5. The molecule has 0 bridgehead atoms. The third-order valence-electron chi connectivity index (χ3n) is 4.12. The van der Waals surface area contributed by atoms with Gasteiger partial charge in [-0.25, -0.2) is 0 Å². The van der Waals surface area contributed by atoms with Gasteiger partial charge in [-0.05, 0) is 30.3 Å². The van der Waals surface area contributed by atoms with E-state index in [0.717, 1.165) is 6.07 Å². The Morgan fingerprint density at radius 3 is 2.52 bits per heavy atom. The van der Waals surface area contributed by atoms with Gasteiger partial charge >= 0.3 is 6.18 Å². The lowest BCUT2D eigenvalue weighted by Crippen LogP contribution is -2.08. The molecule has 12 heteroatoms. The molecule has 0 atom stereocenters. The first-order valence-corrected chi connectivity index (χ1v) is 10.5. The molecule has 0 aliphatic rings. The zero-order chi connectivity index (χ0) is 22.2. The van der Waals surface area contributed by atoms with Gasteiger partial charge in [-0.15, -0.1) is 20.4 Å². The minimum Gasteiger partial charge on any atom is -0.425 e. The average Bonchev–Trinajstić information content (AvgIpc) is 3.32. The Morgan fingerprint density at radius 2 is 1.84 bits per heavy atom. The SMILES string of the molecule is Cc1nnc(CSc2nnc(-c3cccc(Cl)c3)n2-c2ccc(Cl)c(C(F)(F)F)c2)o1. The number of nitrogens with zero attached hydrogens (tertiary/aromatic N) is 5. The predicted octanol–water partition coefficient (Wildman–Crippen LogP) is 6.24. The maximum absolute atomic E-state index is 13.4. The van der Waals surface area contributed by atoms with Crippen LogP contribution in [0.25, 0.3) is 17.1 Å². The van der Waals surface area contributed by atoms with Crippen LogP contribution < -0.4 is 0 Å². The molecule has 0 N–H and O–H groups in total. The minimum atomic E-state index is -4.62. The van der Waals surface area contributed by atoms with Crippen LogP contribution in [-0.2, 0) is 11.9 Å². The van der Waals surface area contributed by atoms with Crippen LogP contribution in [0.5, 0.6) is 0 Å². The molecule has 31 heavy (non-hydrogen) atoms. The topological polar surface area (TPSA) is 69.6 Å². The van der Waals surface area contributed by atoms with E-state index in [0.29, 0.717) is 33.3 Å². The highest BCUT2D eigenvalue weighted by Gasteiger charge is 2.34. The fraction of sp³-hybridized carbons (Fsp3) is 0.158. The average molecular weight is 486 g/mol. The number of aryl methyl sites for hydroxylation is 1. The van der Waals surface area contributed by atoms with Gasteiger partial charge in [-0.2, -0.15) is 13.2 Å². The van der Waals surface area contributed by atoms with Crippen molar-refractivity contribution in [2.24, 2.45) is 0 Å². The molecule has 0 unspecified atom stereocenters. The standard InChI is InChI=1S/C19H12Cl2F3N5OS/c1-10-25-26-16(30-10)9-31-18-28-27-17(11-3-2-4-12(20)7-11)29(18)13-5-6-15(21)14(8-13)19(22,23)24/h2-8H,9H2,1H3. The number of aromatic nitrogens is 5. The van der Waals surface area contributed by atoms with Crippen molar-refractivity contribution < 1.29 is 17.6 Å². The van der Waals surface area contributed by atoms with Gasteiger partial charge in [0.25, 0.3) is 0 Å². The van der Waals surface area contributed by atoms with Crippen LogP contribution in [0.4, 0.5) is 13.2 Å². The van der Waals surface area contributed by atoms with Gasteiger partial charge in [-0.3, -0.25) is 4.57 Å². The molecule has 0 aliphatic heterocycles. The highest BCUT2D eigenvalue weighted by Crippen LogP contribution is 2.38. The van der Waals surface area contributed by atoms with E-state index >= 15 is 0 Å². The molecule has 4 aromatic rings. The van der Waals surface area contributed by atoms with Crippen LogP contribution in [0.1, 0.15) is 17.3 Å². The lowest BCUT2D eigenvalue weighted by molar-refractivity contribution is -0.137. The first kappa shape index (κ1) is 21.7. The first-order chi connectivity index (χ1) is 14.7. The van der Waals surface area contributed by atoms with Gasteiger partial charge in [-0.1, -0.05) is 47.1 Å². The van der Waals surface area contributed by atoms with Gasteiger partial charge in [0, 0.05) is 17.5 Å². The molecule has 0 amide bonds. The lowest BCUT2D eigenvalue weighted by Gasteiger charge is -2.14. The summed E-state index contributed by atoms with van der Waals surface area (Å²) >= 11 is 13.1. The van der Waals surface area contributed by atoms with Gasteiger partial charge < -0.3 is 4.42 Å². The molecular formula is C19H12Cl2F3N5OS. The summed E-state index contributed by atoms with van der Waals surface area (Å²) in [6, 6.07) is 10.4. The van der Waals surface area contributed by atoms with E-state index in [2.05, 4.69) is 20.4 Å². The summed E-state index contributed by atoms with van der Waals surface area (Å²) < 4.78 is 47.2. The normalized spacial score (nSPS) is 11.8. The van der Waals surface area contributed by atoms with E-state index in [4.69, 9.17) is 27.6 Å². The zero-order valence-electron chi connectivity index (χ0n) is 15.7. The molecule has 0 fully saturated rings. The van der Waals surface area contributed by atoms with Crippen molar-refractivity contribution in [3.05, 3.63) is 69.9 Å². The van der Waals surface area contributed by atoms with Crippen LogP contribution >= 0.6 is 35.0 Å². The van der Waals surface area contributed by atoms with Crippen molar-refractivity contribution in [3.63, 3.8) is 0 Å². The Hall–Kier alpha value is -2.56. The van der Waals surface area contributed by atoms with E-state index in [1.54, 1.807) is 31.2 Å². The number of thioether (sulfide) groups is 1. The van der Waals surface area contributed by atoms with E-state index in [-0.39, 0.29) is 11.4 Å². The molecule has 0 aliphatic carbocycles. The summed E-state index contributed by atoms with van der Waals surface area (Å²) in [5, 5.41) is 16.4. The maximum Gasteiger partial charge on any atom is 0.417 e. The Morgan fingerprint density at radius 1 is 1.03 bits per heavy atom. The van der Waals surface area contributed by atoms with Crippen LogP contribution in [0.2, 0.25) is 10.0 Å². The minimum absolute atomic E-state index is 0.195. The van der Waals surface area contributed by atoms with Crippen LogP contribution in [0.3, 0.4) is 0 Å². The summed E-state index contributed by atoms with van der Waals surface area (Å²) in [5.41, 5.74) is -0.175. The quantitative estimate of drug-likeness (QED) is 0.311. The van der Waals surface area contributed by atoms with Crippen molar-refractivity contribution >= 4 is 35.0 Å². The molecule has 4 rings (SSSR count). The molecule has 2 aromatic heterocycles. The maximum atomic E-state index is 13.4. The molecule has 0 spiro atoms. The van der Waals surface area contributed by atoms with Crippen LogP contribution in [0.15, 0.2) is 52.0 Å². The summed E-state index contributed by atoms with van der Waals surface area (Å²) in [4.78, 5) is 0. The summed E-state index contributed by atoms with van der Waals surface area (Å²) in [5.74, 6) is 1.34. The lowest BCUT2D eigenvalue weighted by atomic mass is 10.1. The molecule has 0 saturated heterocycles. The summed E-state index contributed by atoms with van der Waals surface area (Å²) in [7, 11) is 0. The fourth-order valence-corrected chi connectivity index (χ4v) is 4.01. The van der Waals surface area contributed by atoms with E-state index in [1.807, 2.05) is 0 Å². The van der Waals surface area contributed by atoms with Gasteiger partial charge in [0.05, 0.1) is 22.0 Å². The molecular weight excluding hydrogens is 474 g/mol. The zero-order valence-corrected chi connectivity index (χ0v) is 18.0. The van der Waals surface area contributed by atoms with Crippen molar-refractivity contribution in [2.45, 2.75) is 24.0 Å². The van der Waals surface area contributed by atoms with Gasteiger partial charge in [0.15, 0.2) is 11.0 Å². The van der Waals surface area contributed by atoms with Crippen molar-refractivity contribution in [1.82, 2.24) is 25.0 Å². The van der Waals surface area contributed by atoms with Crippen LogP contribution in [0, 0.1) is 6.92 Å². The smallest absolute Gasteiger partial charge is 0.417 e. The van der Waals surface area contributed by atoms with Crippen molar-refractivity contribution in [3.8, 4) is 17.1 Å². The molecule has 160 valence electrons. The molecule has 6 nitrogen and oxygen atoms in total. The second-order valence-electron chi connectivity index (χ2n) is 6.32. The summed E-state index contributed by atoms with van der Waals surface area (Å²) in [6.07, 6.45) is -4.62. The molecule has 2 heterocycles. The van der Waals surface area contributed by atoms with E-state index in [9.17, 15) is 13.2 Å². The van der Waals surface area contributed by atoms with Crippen molar-refractivity contribution in [2.75, 3.05) is 0 Å². The highest BCUT2D eigenvalue weighted by molar-refractivity contribution is 7.98. The monoisotopic (exact) mass is 485 g/mol. The Balaban J connectivity index is 1.82. The Bertz CT molecular complexity index is 1240. The first-order valence-electron chi connectivity index (χ1n) is 8.72. The fourth-order valence-electron chi connectivity index (χ4n) is 2.80. The second kappa shape index (κ2) is 8.52. The Kier molecular flexibility index (Phi) is 5.96. The van der Waals surface area contributed by atoms with Gasteiger partial charge in [0.1, 0.15) is 0 Å². The molecule has 2 aromatic carbocycles. The number of alkyl halides is 3. The predicted molar refractivity (Wildman–Crippen MR) is 110 cm³/mol. The number of hydrogen-bond donors (Lipinski definition) is 0.